The molecule has 0 radical (unpaired) electrons. The molecule has 3 fully saturated rings. The average Bonchev–Trinajstić information content (AvgIpc) is 3.00. The van der Waals surface area contributed by atoms with E-state index in [1.165, 1.54) is 19.3 Å². The molecule has 0 N–H and O–H groups in total. The van der Waals surface area contributed by atoms with Gasteiger partial charge in [-0.05, 0) is 43.4 Å². The summed E-state index contributed by atoms with van der Waals surface area (Å²) in [6, 6.07) is 0. The minimum atomic E-state index is 0.0283. The van der Waals surface area contributed by atoms with E-state index in [1.54, 1.807) is 10.8 Å². The zero-order valence-corrected chi connectivity index (χ0v) is 15.1. The second-order valence-corrected chi connectivity index (χ2v) is 8.23. The number of nitrogens with zero attached hydrogens (tertiary/aromatic N) is 4. The third-order valence-electron chi connectivity index (χ3n) is 6.58. The number of hydrogen-bond donors (Lipinski definition) is 0. The van der Waals surface area contributed by atoms with Crippen LogP contribution in [0.4, 0.5) is 0 Å². The maximum Gasteiger partial charge on any atom is 0.289 e. The second kappa shape index (κ2) is 6.46. The van der Waals surface area contributed by atoms with E-state index in [0.717, 1.165) is 51.4 Å². The number of aryl methyl sites for hydroxylation is 1. The molecule has 0 atom stereocenters. The van der Waals surface area contributed by atoms with Crippen molar-refractivity contribution in [2.45, 2.75) is 44.9 Å². The molecule has 2 aliphatic heterocycles. The van der Waals surface area contributed by atoms with Crippen LogP contribution >= 0.6 is 0 Å². The molecule has 1 saturated carbocycles. The van der Waals surface area contributed by atoms with Gasteiger partial charge in [0.25, 0.3) is 5.91 Å². The lowest BCUT2D eigenvalue weighted by molar-refractivity contribution is -0.140. The molecule has 6 nitrogen and oxygen atoms in total. The van der Waals surface area contributed by atoms with Crippen molar-refractivity contribution in [1.29, 1.82) is 0 Å². The summed E-state index contributed by atoms with van der Waals surface area (Å²) < 4.78 is 1.78. The van der Waals surface area contributed by atoms with Crippen LogP contribution in [-0.2, 0) is 11.8 Å². The Labute approximate surface area is 149 Å². The Balaban J connectivity index is 1.37. The van der Waals surface area contributed by atoms with Gasteiger partial charge in [-0.15, -0.1) is 0 Å². The van der Waals surface area contributed by atoms with Crippen LogP contribution in [0.15, 0.2) is 12.4 Å². The molecule has 0 aromatic carbocycles. The third-order valence-corrected chi connectivity index (χ3v) is 6.58. The molecule has 1 spiro atoms. The zero-order valence-electron chi connectivity index (χ0n) is 15.1. The third kappa shape index (κ3) is 3.18. The molecule has 1 aromatic rings. The molecular formula is C19H28N4O2. The minimum absolute atomic E-state index is 0.0283. The molecule has 0 bridgehead atoms. The van der Waals surface area contributed by atoms with Crippen molar-refractivity contribution in [3.8, 4) is 0 Å². The highest BCUT2D eigenvalue weighted by atomic mass is 16.2. The van der Waals surface area contributed by atoms with E-state index in [4.69, 9.17) is 0 Å². The standard InChI is InChI=1S/C19H28N4O2/c1-21-12-9-20-17(21)18(25)22-10-7-19(8-11-22)6-5-16(24)23(14-19)13-15-3-2-4-15/h9,12,15H,2-8,10-11,13-14H2,1H3. The smallest absolute Gasteiger partial charge is 0.289 e. The minimum Gasteiger partial charge on any atom is -0.342 e. The number of hydrogen-bond acceptors (Lipinski definition) is 3. The monoisotopic (exact) mass is 344 g/mol. The predicted molar refractivity (Wildman–Crippen MR) is 93.9 cm³/mol. The molecule has 2 amide bonds. The number of imidazole rings is 1. The quantitative estimate of drug-likeness (QED) is 0.843. The Morgan fingerprint density at radius 2 is 2.04 bits per heavy atom. The Hall–Kier alpha value is -1.85. The Bertz CT molecular complexity index is 656. The van der Waals surface area contributed by atoms with Crippen LogP contribution in [-0.4, -0.2) is 57.3 Å². The van der Waals surface area contributed by atoms with E-state index in [1.807, 2.05) is 18.1 Å². The van der Waals surface area contributed by atoms with Gasteiger partial charge in [0.1, 0.15) is 0 Å². The summed E-state index contributed by atoms with van der Waals surface area (Å²) in [6.45, 7) is 3.40. The molecular weight excluding hydrogens is 316 g/mol. The highest BCUT2D eigenvalue weighted by Gasteiger charge is 2.42. The van der Waals surface area contributed by atoms with Gasteiger partial charge in [-0.2, -0.15) is 0 Å². The largest absolute Gasteiger partial charge is 0.342 e. The maximum absolute atomic E-state index is 12.6. The summed E-state index contributed by atoms with van der Waals surface area (Å²) in [5, 5.41) is 0. The first-order chi connectivity index (χ1) is 12.1. The molecule has 6 heteroatoms. The van der Waals surface area contributed by atoms with Gasteiger partial charge in [0, 0.05) is 52.0 Å². The van der Waals surface area contributed by atoms with Crippen molar-refractivity contribution in [3.63, 3.8) is 0 Å². The van der Waals surface area contributed by atoms with Crippen LogP contribution in [0.1, 0.15) is 55.6 Å². The number of carbonyl (C=O) groups is 2. The topological polar surface area (TPSA) is 58.4 Å². The van der Waals surface area contributed by atoms with Gasteiger partial charge in [0.2, 0.25) is 5.91 Å². The molecule has 1 aliphatic carbocycles. The van der Waals surface area contributed by atoms with Crippen LogP contribution in [0.2, 0.25) is 0 Å². The van der Waals surface area contributed by atoms with Gasteiger partial charge < -0.3 is 14.4 Å². The van der Waals surface area contributed by atoms with E-state index in [0.29, 0.717) is 18.2 Å². The van der Waals surface area contributed by atoms with Gasteiger partial charge >= 0.3 is 0 Å². The Kier molecular flexibility index (Phi) is 4.29. The number of aromatic nitrogens is 2. The molecule has 1 aromatic heterocycles. The molecule has 4 rings (SSSR count). The highest BCUT2D eigenvalue weighted by molar-refractivity contribution is 5.90. The van der Waals surface area contributed by atoms with Crippen molar-refractivity contribution in [1.82, 2.24) is 19.4 Å². The summed E-state index contributed by atoms with van der Waals surface area (Å²) in [4.78, 5) is 33.2. The van der Waals surface area contributed by atoms with Crippen molar-refractivity contribution < 1.29 is 9.59 Å². The summed E-state index contributed by atoms with van der Waals surface area (Å²) in [5.41, 5.74) is 0.218. The molecule has 2 saturated heterocycles. The van der Waals surface area contributed by atoms with Gasteiger partial charge in [-0.25, -0.2) is 4.98 Å². The lowest BCUT2D eigenvalue weighted by Crippen LogP contribution is -2.53. The van der Waals surface area contributed by atoms with Crippen LogP contribution in [0, 0.1) is 11.3 Å². The van der Waals surface area contributed by atoms with Gasteiger partial charge in [-0.1, -0.05) is 6.42 Å². The van der Waals surface area contributed by atoms with Crippen molar-refractivity contribution in [3.05, 3.63) is 18.2 Å². The predicted octanol–water partition coefficient (Wildman–Crippen LogP) is 2.06. The first-order valence-corrected chi connectivity index (χ1v) is 9.61. The fraction of sp³-hybridized carbons (Fsp3) is 0.737. The molecule has 25 heavy (non-hydrogen) atoms. The Morgan fingerprint density at radius 3 is 2.64 bits per heavy atom. The number of rotatable bonds is 3. The lowest BCUT2D eigenvalue weighted by Gasteiger charge is -2.48. The van der Waals surface area contributed by atoms with Gasteiger partial charge in [0.05, 0.1) is 0 Å². The first kappa shape index (κ1) is 16.6. The molecule has 3 aliphatic rings. The van der Waals surface area contributed by atoms with Crippen molar-refractivity contribution >= 4 is 11.8 Å². The summed E-state index contributed by atoms with van der Waals surface area (Å²) in [7, 11) is 1.86. The number of likely N-dealkylation sites (tertiary alicyclic amines) is 2. The molecule has 3 heterocycles. The van der Waals surface area contributed by atoms with Crippen molar-refractivity contribution in [2.75, 3.05) is 26.2 Å². The molecule has 0 unspecified atom stereocenters. The number of amides is 2. The summed E-state index contributed by atoms with van der Waals surface area (Å²) >= 11 is 0. The summed E-state index contributed by atoms with van der Waals surface area (Å²) in [5.74, 6) is 1.61. The van der Waals surface area contributed by atoms with Crippen LogP contribution in [0.5, 0.6) is 0 Å². The number of piperidine rings is 2. The van der Waals surface area contributed by atoms with E-state index >= 15 is 0 Å². The first-order valence-electron chi connectivity index (χ1n) is 9.61. The highest BCUT2D eigenvalue weighted by Crippen LogP contribution is 2.41. The molecule has 136 valence electrons. The fourth-order valence-electron chi connectivity index (χ4n) is 4.56. The lowest BCUT2D eigenvalue weighted by atomic mass is 9.71. The summed E-state index contributed by atoms with van der Waals surface area (Å²) in [6.07, 6.45) is 11.0. The van der Waals surface area contributed by atoms with E-state index in [2.05, 4.69) is 9.88 Å². The fourth-order valence-corrected chi connectivity index (χ4v) is 4.56. The maximum atomic E-state index is 12.6. The van der Waals surface area contributed by atoms with Gasteiger partial charge in [-0.3, -0.25) is 9.59 Å². The van der Waals surface area contributed by atoms with Crippen LogP contribution in [0.25, 0.3) is 0 Å². The van der Waals surface area contributed by atoms with E-state index < -0.39 is 0 Å². The van der Waals surface area contributed by atoms with E-state index in [-0.39, 0.29) is 11.3 Å². The number of carbonyl (C=O) groups excluding carboxylic acids is 2. The zero-order chi connectivity index (χ0) is 17.4. The SMILES string of the molecule is Cn1ccnc1C(=O)N1CCC2(CCC(=O)N(CC3CCC3)C2)CC1. The van der Waals surface area contributed by atoms with E-state index in [9.17, 15) is 9.59 Å². The Morgan fingerprint density at radius 1 is 1.28 bits per heavy atom. The van der Waals surface area contributed by atoms with Crippen LogP contribution < -0.4 is 0 Å². The van der Waals surface area contributed by atoms with Gasteiger partial charge in [0.15, 0.2) is 5.82 Å². The van der Waals surface area contributed by atoms with Crippen molar-refractivity contribution in [2.24, 2.45) is 18.4 Å². The normalized spacial score (nSPS) is 23.8. The average molecular weight is 344 g/mol. The van der Waals surface area contributed by atoms with Crippen LogP contribution in [0.3, 0.4) is 0 Å². The second-order valence-electron chi connectivity index (χ2n) is 8.23.